The number of nitrogens with zero attached hydrogens (tertiary/aromatic N) is 6. The van der Waals surface area contributed by atoms with E-state index >= 15 is 0 Å². The highest BCUT2D eigenvalue weighted by Crippen LogP contribution is 2.22. The monoisotopic (exact) mass is 282 g/mol. The van der Waals surface area contributed by atoms with Crippen molar-refractivity contribution in [3.63, 3.8) is 0 Å². The molecule has 0 bridgehead atoms. The summed E-state index contributed by atoms with van der Waals surface area (Å²) in [6.07, 6.45) is 6.68. The Bertz CT molecular complexity index is 781. The van der Waals surface area contributed by atoms with E-state index in [0.717, 1.165) is 11.1 Å². The van der Waals surface area contributed by atoms with Crippen LogP contribution in [-0.2, 0) is 7.05 Å². The number of aryl methyl sites for hydroxylation is 2. The van der Waals surface area contributed by atoms with E-state index < -0.39 is 0 Å². The molecule has 0 saturated heterocycles. The highest BCUT2D eigenvalue weighted by Gasteiger charge is 2.05. The quantitative estimate of drug-likeness (QED) is 0.791. The molecule has 0 spiro atoms. The molecule has 2 aromatic heterocycles. The van der Waals surface area contributed by atoms with E-state index in [9.17, 15) is 5.11 Å². The molecule has 0 aliphatic carbocycles. The molecule has 1 N–H and O–H groups in total. The van der Waals surface area contributed by atoms with Crippen LogP contribution in [0.15, 0.2) is 30.9 Å². The maximum absolute atomic E-state index is 9.62. The van der Waals surface area contributed by atoms with Crippen molar-refractivity contribution in [3.05, 3.63) is 42.2 Å². The third kappa shape index (κ3) is 2.97. The van der Waals surface area contributed by atoms with Gasteiger partial charge in [-0.3, -0.25) is 4.68 Å². The van der Waals surface area contributed by atoms with Gasteiger partial charge in [-0.1, -0.05) is 0 Å². The second-order valence-corrected chi connectivity index (χ2v) is 4.70. The molecular weight excluding hydrogens is 268 g/mol. The molecule has 7 heteroatoms. The number of benzene rings is 1. The van der Waals surface area contributed by atoms with Gasteiger partial charge in [0.2, 0.25) is 0 Å². The van der Waals surface area contributed by atoms with Crippen molar-refractivity contribution in [2.75, 3.05) is 0 Å². The van der Waals surface area contributed by atoms with Crippen molar-refractivity contribution in [2.45, 2.75) is 6.92 Å². The maximum atomic E-state index is 9.62. The molecule has 3 aromatic rings. The molecule has 0 unspecified atom stereocenters. The SMILES string of the molecule is Cc1cc(O)cc(-c2ncn(/C=C\c3ncn(C)n3)n2)c1. The molecule has 106 valence electrons. The highest BCUT2D eigenvalue weighted by molar-refractivity contribution is 5.59. The van der Waals surface area contributed by atoms with Gasteiger partial charge in [-0.2, -0.15) is 5.10 Å². The van der Waals surface area contributed by atoms with Crippen LogP contribution in [0, 0.1) is 6.92 Å². The second-order valence-electron chi connectivity index (χ2n) is 4.70. The van der Waals surface area contributed by atoms with Gasteiger partial charge in [0.15, 0.2) is 11.6 Å². The summed E-state index contributed by atoms with van der Waals surface area (Å²) in [5, 5.41) is 18.1. The normalized spacial score (nSPS) is 11.3. The van der Waals surface area contributed by atoms with Gasteiger partial charge in [-0.25, -0.2) is 14.6 Å². The smallest absolute Gasteiger partial charge is 0.181 e. The molecule has 21 heavy (non-hydrogen) atoms. The van der Waals surface area contributed by atoms with E-state index in [4.69, 9.17) is 0 Å². The number of phenolic OH excluding ortho intramolecular Hbond substituents is 1. The molecule has 3 rings (SSSR count). The number of phenols is 1. The summed E-state index contributed by atoms with van der Waals surface area (Å²) in [6.45, 7) is 1.91. The minimum atomic E-state index is 0.203. The molecule has 0 aliphatic heterocycles. The Morgan fingerprint density at radius 3 is 2.67 bits per heavy atom. The topological polar surface area (TPSA) is 81.7 Å². The van der Waals surface area contributed by atoms with Crippen LogP contribution in [0.1, 0.15) is 11.4 Å². The summed E-state index contributed by atoms with van der Waals surface area (Å²) >= 11 is 0. The first-order valence-corrected chi connectivity index (χ1v) is 6.36. The van der Waals surface area contributed by atoms with Crippen LogP contribution in [0.5, 0.6) is 5.75 Å². The lowest BCUT2D eigenvalue weighted by Gasteiger charge is -1.99. The molecule has 0 atom stereocenters. The Morgan fingerprint density at radius 1 is 1.10 bits per heavy atom. The van der Waals surface area contributed by atoms with E-state index in [0.29, 0.717) is 11.6 Å². The zero-order valence-corrected chi connectivity index (χ0v) is 11.7. The zero-order valence-electron chi connectivity index (χ0n) is 11.7. The Labute approximate surface area is 121 Å². The number of rotatable bonds is 3. The Balaban J connectivity index is 1.84. The minimum Gasteiger partial charge on any atom is -0.508 e. The summed E-state index contributed by atoms with van der Waals surface area (Å²) in [5.41, 5.74) is 1.73. The summed E-state index contributed by atoms with van der Waals surface area (Å²) in [5.74, 6) is 1.35. The minimum absolute atomic E-state index is 0.203. The van der Waals surface area contributed by atoms with Crippen LogP contribution in [0.3, 0.4) is 0 Å². The number of aromatic nitrogens is 6. The van der Waals surface area contributed by atoms with Crippen molar-refractivity contribution in [3.8, 4) is 17.1 Å². The lowest BCUT2D eigenvalue weighted by molar-refractivity contribution is 0.475. The Hall–Kier alpha value is -2.96. The maximum Gasteiger partial charge on any atom is 0.181 e. The van der Waals surface area contributed by atoms with Crippen molar-refractivity contribution in [1.82, 2.24) is 29.5 Å². The average molecular weight is 282 g/mol. The van der Waals surface area contributed by atoms with Gasteiger partial charge in [0.1, 0.15) is 18.4 Å². The average Bonchev–Trinajstić information content (AvgIpc) is 3.04. The lowest BCUT2D eigenvalue weighted by atomic mass is 10.1. The standard InChI is InChI=1S/C14H14N6O/c1-10-5-11(7-12(21)6-10)14-16-9-20(18-14)4-3-13-15-8-19(2)17-13/h3-9,21H,1-2H3/b4-3-. The fourth-order valence-corrected chi connectivity index (χ4v) is 1.95. The van der Waals surface area contributed by atoms with E-state index in [1.807, 2.05) is 20.0 Å². The third-order valence-corrected chi connectivity index (χ3v) is 2.82. The molecule has 0 saturated carbocycles. The summed E-state index contributed by atoms with van der Waals surface area (Å²) < 4.78 is 3.20. The van der Waals surface area contributed by atoms with Crippen LogP contribution in [0.2, 0.25) is 0 Å². The van der Waals surface area contributed by atoms with E-state index in [1.165, 1.54) is 0 Å². The summed E-state index contributed by atoms with van der Waals surface area (Å²) in [4.78, 5) is 8.32. The van der Waals surface area contributed by atoms with Crippen LogP contribution in [0.4, 0.5) is 0 Å². The molecule has 0 fully saturated rings. The van der Waals surface area contributed by atoms with Crippen LogP contribution in [0.25, 0.3) is 23.7 Å². The predicted octanol–water partition coefficient (Wildman–Crippen LogP) is 1.72. The van der Waals surface area contributed by atoms with Gasteiger partial charge in [0.25, 0.3) is 0 Å². The predicted molar refractivity (Wildman–Crippen MR) is 78.1 cm³/mol. The van der Waals surface area contributed by atoms with Gasteiger partial charge in [-0.05, 0) is 30.7 Å². The molecule has 7 nitrogen and oxygen atoms in total. The van der Waals surface area contributed by atoms with E-state index in [1.54, 1.807) is 46.4 Å². The van der Waals surface area contributed by atoms with Gasteiger partial charge >= 0.3 is 0 Å². The Kier molecular flexibility index (Phi) is 3.23. The zero-order chi connectivity index (χ0) is 14.8. The molecule has 0 amide bonds. The number of aromatic hydroxyl groups is 1. The van der Waals surface area contributed by atoms with Crippen LogP contribution < -0.4 is 0 Å². The lowest BCUT2D eigenvalue weighted by Crippen LogP contribution is -1.89. The van der Waals surface area contributed by atoms with Gasteiger partial charge in [-0.15, -0.1) is 5.10 Å². The molecule has 2 heterocycles. The van der Waals surface area contributed by atoms with Crippen LogP contribution in [-0.4, -0.2) is 34.6 Å². The molecule has 0 aliphatic rings. The Morgan fingerprint density at radius 2 is 1.95 bits per heavy atom. The summed E-state index contributed by atoms with van der Waals surface area (Å²) in [6, 6.07) is 5.24. The third-order valence-electron chi connectivity index (χ3n) is 2.82. The van der Waals surface area contributed by atoms with E-state index in [-0.39, 0.29) is 5.75 Å². The molecular formula is C14H14N6O. The largest absolute Gasteiger partial charge is 0.508 e. The first-order chi connectivity index (χ1) is 10.1. The van der Waals surface area contributed by atoms with Gasteiger partial charge in [0, 0.05) is 24.9 Å². The van der Waals surface area contributed by atoms with E-state index in [2.05, 4.69) is 20.2 Å². The van der Waals surface area contributed by atoms with Gasteiger partial charge < -0.3 is 5.11 Å². The van der Waals surface area contributed by atoms with Crippen molar-refractivity contribution >= 4 is 12.3 Å². The summed E-state index contributed by atoms with van der Waals surface area (Å²) in [7, 11) is 1.81. The molecule has 0 radical (unpaired) electrons. The first kappa shape index (κ1) is 13.0. The fourth-order valence-electron chi connectivity index (χ4n) is 1.95. The van der Waals surface area contributed by atoms with Gasteiger partial charge in [0.05, 0.1) is 0 Å². The highest BCUT2D eigenvalue weighted by atomic mass is 16.3. The molecule has 1 aromatic carbocycles. The second kappa shape index (κ2) is 5.20. The fraction of sp³-hybridized carbons (Fsp3) is 0.143. The van der Waals surface area contributed by atoms with Crippen molar-refractivity contribution in [1.29, 1.82) is 0 Å². The van der Waals surface area contributed by atoms with Crippen molar-refractivity contribution in [2.24, 2.45) is 7.05 Å². The van der Waals surface area contributed by atoms with Crippen molar-refractivity contribution < 1.29 is 5.11 Å². The number of hydrogen-bond acceptors (Lipinski definition) is 5. The first-order valence-electron chi connectivity index (χ1n) is 6.36. The van der Waals surface area contributed by atoms with Crippen LogP contribution >= 0.6 is 0 Å². The number of hydrogen-bond donors (Lipinski definition) is 1.